The molecular weight excluding hydrogens is 316 g/mol. The Balaban J connectivity index is 2.33. The smallest absolute Gasteiger partial charge is 0.244 e. The molecule has 0 aliphatic carbocycles. The van der Waals surface area contributed by atoms with Gasteiger partial charge in [-0.05, 0) is 18.2 Å². The molecule has 1 saturated heterocycles. The van der Waals surface area contributed by atoms with E-state index in [0.29, 0.717) is 5.56 Å². The SMILES string of the molecule is COC1CN(S(=O)(=O)c2ccc(C#N)cc2Cl)CC1OC. The van der Waals surface area contributed by atoms with Gasteiger partial charge in [-0.3, -0.25) is 0 Å². The van der Waals surface area contributed by atoms with E-state index in [1.54, 1.807) is 0 Å². The van der Waals surface area contributed by atoms with E-state index in [0.717, 1.165) is 0 Å². The minimum absolute atomic E-state index is 0.0187. The number of benzene rings is 1. The van der Waals surface area contributed by atoms with Crippen LogP contribution < -0.4 is 0 Å². The van der Waals surface area contributed by atoms with Crippen molar-refractivity contribution in [3.63, 3.8) is 0 Å². The Kier molecular flexibility index (Phi) is 4.86. The van der Waals surface area contributed by atoms with E-state index < -0.39 is 10.0 Å². The van der Waals surface area contributed by atoms with Crippen LogP contribution in [0.2, 0.25) is 5.02 Å². The molecule has 0 saturated carbocycles. The van der Waals surface area contributed by atoms with Gasteiger partial charge in [0.05, 0.1) is 28.9 Å². The molecule has 1 aliphatic rings. The number of halogens is 1. The van der Waals surface area contributed by atoms with Crippen LogP contribution in [0.5, 0.6) is 0 Å². The highest BCUT2D eigenvalue weighted by molar-refractivity contribution is 7.89. The van der Waals surface area contributed by atoms with E-state index in [1.165, 1.54) is 36.7 Å². The number of hydrogen-bond acceptors (Lipinski definition) is 5. The topological polar surface area (TPSA) is 79.6 Å². The van der Waals surface area contributed by atoms with Crippen LogP contribution in [0.4, 0.5) is 0 Å². The third kappa shape index (κ3) is 3.05. The van der Waals surface area contributed by atoms with Gasteiger partial charge in [0.25, 0.3) is 0 Å². The lowest BCUT2D eigenvalue weighted by Crippen LogP contribution is -2.30. The highest BCUT2D eigenvalue weighted by atomic mass is 35.5. The van der Waals surface area contributed by atoms with Crippen molar-refractivity contribution in [3.8, 4) is 6.07 Å². The van der Waals surface area contributed by atoms with Crippen molar-refractivity contribution in [2.24, 2.45) is 0 Å². The number of rotatable bonds is 4. The molecule has 0 aromatic heterocycles. The van der Waals surface area contributed by atoms with Gasteiger partial charge in [0.1, 0.15) is 4.90 Å². The normalized spacial score (nSPS) is 23.1. The van der Waals surface area contributed by atoms with Crippen LogP contribution in [-0.4, -0.2) is 52.2 Å². The van der Waals surface area contributed by atoms with E-state index in [4.69, 9.17) is 26.3 Å². The second-order valence-corrected chi connectivity index (χ2v) is 6.94. The summed E-state index contributed by atoms with van der Waals surface area (Å²) in [6, 6.07) is 6.03. The van der Waals surface area contributed by atoms with Crippen LogP contribution in [-0.2, 0) is 19.5 Å². The molecule has 21 heavy (non-hydrogen) atoms. The van der Waals surface area contributed by atoms with E-state index in [1.807, 2.05) is 6.07 Å². The second-order valence-electron chi connectivity index (χ2n) is 4.63. The van der Waals surface area contributed by atoms with Crippen LogP contribution >= 0.6 is 11.6 Å². The Morgan fingerprint density at radius 3 is 2.29 bits per heavy atom. The molecule has 1 aliphatic heterocycles. The van der Waals surface area contributed by atoms with Crippen LogP contribution in [0.15, 0.2) is 23.1 Å². The average molecular weight is 331 g/mol. The molecule has 2 unspecified atom stereocenters. The van der Waals surface area contributed by atoms with Gasteiger partial charge in [-0.25, -0.2) is 8.42 Å². The molecular formula is C13H15ClN2O4S. The van der Waals surface area contributed by atoms with Crippen molar-refractivity contribution in [2.75, 3.05) is 27.3 Å². The van der Waals surface area contributed by atoms with Gasteiger partial charge in [0, 0.05) is 27.3 Å². The summed E-state index contributed by atoms with van der Waals surface area (Å²) in [5.41, 5.74) is 0.310. The molecule has 114 valence electrons. The Bertz CT molecular complexity index is 659. The molecule has 1 fully saturated rings. The fourth-order valence-electron chi connectivity index (χ4n) is 2.28. The van der Waals surface area contributed by atoms with Crippen molar-refractivity contribution in [3.05, 3.63) is 28.8 Å². The molecule has 0 bridgehead atoms. The van der Waals surface area contributed by atoms with Crippen LogP contribution in [0.3, 0.4) is 0 Å². The average Bonchev–Trinajstić information content (AvgIpc) is 2.90. The standard InChI is InChI=1S/C13H15ClN2O4S/c1-19-11-7-16(8-12(11)20-2)21(17,18)13-4-3-9(6-15)5-10(13)14/h3-5,11-12H,7-8H2,1-2H3. The largest absolute Gasteiger partial charge is 0.377 e. The molecule has 8 heteroatoms. The lowest BCUT2D eigenvalue weighted by molar-refractivity contribution is -0.00461. The number of nitriles is 1. The quantitative estimate of drug-likeness (QED) is 0.830. The molecule has 0 spiro atoms. The van der Waals surface area contributed by atoms with E-state index in [-0.39, 0.29) is 35.2 Å². The first-order chi connectivity index (χ1) is 9.93. The number of hydrogen-bond donors (Lipinski definition) is 0. The number of methoxy groups -OCH3 is 2. The summed E-state index contributed by atoms with van der Waals surface area (Å²) in [7, 11) is -0.718. The highest BCUT2D eigenvalue weighted by Gasteiger charge is 2.40. The fraction of sp³-hybridized carbons (Fsp3) is 0.462. The Morgan fingerprint density at radius 1 is 1.29 bits per heavy atom. The van der Waals surface area contributed by atoms with Crippen molar-refractivity contribution < 1.29 is 17.9 Å². The molecule has 2 atom stereocenters. The zero-order valence-corrected chi connectivity index (χ0v) is 13.2. The van der Waals surface area contributed by atoms with Gasteiger partial charge in [0.2, 0.25) is 10.0 Å². The molecule has 0 amide bonds. The predicted octanol–water partition coefficient (Wildman–Crippen LogP) is 1.25. The van der Waals surface area contributed by atoms with Crippen LogP contribution in [0.25, 0.3) is 0 Å². The minimum Gasteiger partial charge on any atom is -0.377 e. The van der Waals surface area contributed by atoms with Crippen molar-refractivity contribution >= 4 is 21.6 Å². The van der Waals surface area contributed by atoms with Gasteiger partial charge in [-0.15, -0.1) is 0 Å². The molecule has 0 radical (unpaired) electrons. The second kappa shape index (κ2) is 6.30. The molecule has 2 rings (SSSR count). The van der Waals surface area contributed by atoms with Gasteiger partial charge < -0.3 is 9.47 Å². The lowest BCUT2D eigenvalue weighted by Gasteiger charge is -2.16. The molecule has 1 heterocycles. The molecule has 0 N–H and O–H groups in total. The van der Waals surface area contributed by atoms with E-state index in [2.05, 4.69) is 0 Å². The molecule has 1 aromatic rings. The third-order valence-corrected chi connectivity index (χ3v) is 5.78. The van der Waals surface area contributed by atoms with Gasteiger partial charge in [-0.2, -0.15) is 9.57 Å². The number of sulfonamides is 1. The maximum Gasteiger partial charge on any atom is 0.244 e. The zero-order valence-electron chi connectivity index (χ0n) is 11.6. The summed E-state index contributed by atoms with van der Waals surface area (Å²) in [6.45, 7) is 0.404. The van der Waals surface area contributed by atoms with E-state index in [9.17, 15) is 8.42 Å². The van der Waals surface area contributed by atoms with E-state index >= 15 is 0 Å². The summed E-state index contributed by atoms with van der Waals surface area (Å²) in [5, 5.41) is 8.83. The van der Waals surface area contributed by atoms with Gasteiger partial charge >= 0.3 is 0 Å². The first kappa shape index (κ1) is 16.2. The molecule has 6 nitrogen and oxygen atoms in total. The summed E-state index contributed by atoms with van der Waals surface area (Å²) >= 11 is 5.99. The Labute approximate surface area is 128 Å². The Hall–Kier alpha value is -1.17. The minimum atomic E-state index is -3.75. The summed E-state index contributed by atoms with van der Waals surface area (Å²) in [4.78, 5) is -0.0187. The highest BCUT2D eigenvalue weighted by Crippen LogP contribution is 2.29. The number of nitrogens with zero attached hydrogens (tertiary/aromatic N) is 2. The Morgan fingerprint density at radius 2 is 1.86 bits per heavy atom. The monoisotopic (exact) mass is 330 g/mol. The first-order valence-corrected chi connectivity index (χ1v) is 8.01. The van der Waals surface area contributed by atoms with Crippen LogP contribution in [0.1, 0.15) is 5.56 Å². The summed E-state index contributed by atoms with van der Waals surface area (Å²) in [6.07, 6.45) is -0.635. The zero-order chi connectivity index (χ0) is 15.6. The van der Waals surface area contributed by atoms with Gasteiger partial charge in [-0.1, -0.05) is 11.6 Å². The maximum atomic E-state index is 12.6. The van der Waals surface area contributed by atoms with Crippen molar-refractivity contribution in [1.29, 1.82) is 5.26 Å². The van der Waals surface area contributed by atoms with Crippen LogP contribution in [0, 0.1) is 11.3 Å². The van der Waals surface area contributed by atoms with Gasteiger partial charge in [0.15, 0.2) is 0 Å². The lowest BCUT2D eigenvalue weighted by atomic mass is 10.2. The third-order valence-electron chi connectivity index (χ3n) is 3.47. The summed E-state index contributed by atoms with van der Waals surface area (Å²) < 4.78 is 37.0. The predicted molar refractivity (Wildman–Crippen MR) is 76.5 cm³/mol. The summed E-state index contributed by atoms with van der Waals surface area (Å²) in [5.74, 6) is 0. The van der Waals surface area contributed by atoms with Crippen molar-refractivity contribution in [2.45, 2.75) is 17.1 Å². The fourth-order valence-corrected chi connectivity index (χ4v) is 4.26. The number of ether oxygens (including phenoxy) is 2. The maximum absolute atomic E-state index is 12.6. The first-order valence-electron chi connectivity index (χ1n) is 6.19. The van der Waals surface area contributed by atoms with Crippen molar-refractivity contribution in [1.82, 2.24) is 4.31 Å². The molecule has 1 aromatic carbocycles.